The zero-order valence-electron chi connectivity index (χ0n) is 12.5. The second kappa shape index (κ2) is 6.71. The van der Waals surface area contributed by atoms with Gasteiger partial charge >= 0.3 is 0 Å². The SMILES string of the molecule is COc1cccc(C2SCC(=O)N2CCN2CCCC2)c1. The van der Waals surface area contributed by atoms with Crippen molar-refractivity contribution in [3.05, 3.63) is 29.8 Å². The zero-order chi connectivity index (χ0) is 14.7. The molecule has 1 unspecified atom stereocenters. The summed E-state index contributed by atoms with van der Waals surface area (Å²) in [5, 5.41) is 0.134. The van der Waals surface area contributed by atoms with Gasteiger partial charge in [-0.05, 0) is 43.6 Å². The Morgan fingerprint density at radius 3 is 2.86 bits per heavy atom. The highest BCUT2D eigenvalue weighted by Crippen LogP contribution is 2.39. The summed E-state index contributed by atoms with van der Waals surface area (Å²) in [7, 11) is 1.68. The standard InChI is InChI=1S/C16H22N2O2S/c1-20-14-6-4-5-13(11-14)16-18(15(19)12-21-16)10-9-17-7-2-3-8-17/h4-6,11,16H,2-3,7-10,12H2,1H3. The molecular weight excluding hydrogens is 284 g/mol. The van der Waals surface area contributed by atoms with Crippen LogP contribution in [0.15, 0.2) is 24.3 Å². The average molecular weight is 306 g/mol. The van der Waals surface area contributed by atoms with Gasteiger partial charge in [0.25, 0.3) is 0 Å². The smallest absolute Gasteiger partial charge is 0.233 e. The van der Waals surface area contributed by atoms with E-state index in [4.69, 9.17) is 4.74 Å². The molecule has 0 aromatic heterocycles. The molecule has 5 heteroatoms. The molecule has 0 radical (unpaired) electrons. The summed E-state index contributed by atoms with van der Waals surface area (Å²) in [6, 6.07) is 8.07. The predicted molar refractivity (Wildman–Crippen MR) is 85.6 cm³/mol. The number of rotatable bonds is 5. The van der Waals surface area contributed by atoms with Gasteiger partial charge in [0, 0.05) is 13.1 Å². The lowest BCUT2D eigenvalue weighted by Gasteiger charge is -2.26. The molecule has 1 aromatic rings. The van der Waals surface area contributed by atoms with Crippen LogP contribution >= 0.6 is 11.8 Å². The van der Waals surface area contributed by atoms with E-state index < -0.39 is 0 Å². The molecule has 2 fully saturated rings. The first-order chi connectivity index (χ1) is 10.3. The lowest BCUT2D eigenvalue weighted by Crippen LogP contribution is -2.36. The van der Waals surface area contributed by atoms with Crippen LogP contribution in [0.5, 0.6) is 5.75 Å². The van der Waals surface area contributed by atoms with E-state index in [1.807, 2.05) is 23.1 Å². The Labute approximate surface area is 130 Å². The van der Waals surface area contributed by atoms with E-state index in [2.05, 4.69) is 11.0 Å². The maximum atomic E-state index is 12.2. The fourth-order valence-corrected chi connectivity index (χ4v) is 4.23. The summed E-state index contributed by atoms with van der Waals surface area (Å²) < 4.78 is 5.30. The van der Waals surface area contributed by atoms with E-state index in [1.165, 1.54) is 25.9 Å². The van der Waals surface area contributed by atoms with E-state index in [1.54, 1.807) is 18.9 Å². The molecule has 1 amide bonds. The van der Waals surface area contributed by atoms with Crippen LogP contribution in [0.2, 0.25) is 0 Å². The summed E-state index contributed by atoms with van der Waals surface area (Å²) in [6.45, 7) is 4.18. The van der Waals surface area contributed by atoms with Crippen LogP contribution in [-0.4, -0.2) is 54.7 Å². The molecule has 21 heavy (non-hydrogen) atoms. The first-order valence-electron chi connectivity index (χ1n) is 7.55. The topological polar surface area (TPSA) is 32.8 Å². The molecule has 1 atom stereocenters. The number of carbonyl (C=O) groups excluding carboxylic acids is 1. The van der Waals surface area contributed by atoms with Crippen LogP contribution in [0.4, 0.5) is 0 Å². The van der Waals surface area contributed by atoms with Crippen molar-refractivity contribution in [2.45, 2.75) is 18.2 Å². The van der Waals surface area contributed by atoms with Gasteiger partial charge in [0.2, 0.25) is 5.91 Å². The number of amides is 1. The molecule has 2 heterocycles. The van der Waals surface area contributed by atoms with Gasteiger partial charge < -0.3 is 14.5 Å². The third-order valence-electron chi connectivity index (χ3n) is 4.20. The van der Waals surface area contributed by atoms with Crippen LogP contribution in [-0.2, 0) is 4.79 Å². The molecule has 0 spiro atoms. The molecule has 2 aliphatic heterocycles. The van der Waals surface area contributed by atoms with Crippen molar-refractivity contribution >= 4 is 17.7 Å². The molecule has 0 bridgehead atoms. The molecule has 0 N–H and O–H groups in total. The first-order valence-corrected chi connectivity index (χ1v) is 8.60. The lowest BCUT2D eigenvalue weighted by atomic mass is 10.2. The number of nitrogens with zero attached hydrogens (tertiary/aromatic N) is 2. The van der Waals surface area contributed by atoms with Gasteiger partial charge in [0.15, 0.2) is 0 Å². The Morgan fingerprint density at radius 1 is 1.29 bits per heavy atom. The van der Waals surface area contributed by atoms with Crippen molar-refractivity contribution in [3.63, 3.8) is 0 Å². The number of likely N-dealkylation sites (tertiary alicyclic amines) is 1. The quantitative estimate of drug-likeness (QED) is 0.836. The third kappa shape index (κ3) is 3.35. The van der Waals surface area contributed by atoms with Crippen LogP contribution in [0.25, 0.3) is 0 Å². The average Bonchev–Trinajstić information content (AvgIpc) is 3.15. The Bertz CT molecular complexity index is 503. The molecule has 114 valence electrons. The fourth-order valence-electron chi connectivity index (χ4n) is 3.02. The second-order valence-electron chi connectivity index (χ2n) is 5.58. The number of benzene rings is 1. The molecule has 2 saturated heterocycles. The van der Waals surface area contributed by atoms with Gasteiger partial charge in [-0.2, -0.15) is 0 Å². The fraction of sp³-hybridized carbons (Fsp3) is 0.562. The predicted octanol–water partition coefficient (Wildman–Crippen LogP) is 2.37. The van der Waals surface area contributed by atoms with Gasteiger partial charge in [-0.3, -0.25) is 4.79 Å². The number of hydrogen-bond donors (Lipinski definition) is 0. The van der Waals surface area contributed by atoms with Gasteiger partial charge in [-0.15, -0.1) is 11.8 Å². The summed E-state index contributed by atoms with van der Waals surface area (Å²) >= 11 is 1.72. The van der Waals surface area contributed by atoms with E-state index >= 15 is 0 Å². The van der Waals surface area contributed by atoms with Gasteiger partial charge in [-0.1, -0.05) is 12.1 Å². The van der Waals surface area contributed by atoms with E-state index in [0.29, 0.717) is 5.75 Å². The van der Waals surface area contributed by atoms with E-state index in [-0.39, 0.29) is 11.3 Å². The highest BCUT2D eigenvalue weighted by atomic mass is 32.2. The lowest BCUT2D eigenvalue weighted by molar-refractivity contribution is -0.128. The Kier molecular flexibility index (Phi) is 4.70. The van der Waals surface area contributed by atoms with Crippen molar-refractivity contribution < 1.29 is 9.53 Å². The van der Waals surface area contributed by atoms with Crippen LogP contribution < -0.4 is 4.74 Å². The number of ether oxygens (including phenoxy) is 1. The normalized spacial score (nSPS) is 23.0. The Morgan fingerprint density at radius 2 is 2.10 bits per heavy atom. The van der Waals surface area contributed by atoms with Gasteiger partial charge in [-0.25, -0.2) is 0 Å². The minimum atomic E-state index is 0.134. The summed E-state index contributed by atoms with van der Waals surface area (Å²) in [5.41, 5.74) is 1.16. The summed E-state index contributed by atoms with van der Waals surface area (Å²) in [5.74, 6) is 1.70. The minimum Gasteiger partial charge on any atom is -0.497 e. The van der Waals surface area contributed by atoms with Crippen molar-refractivity contribution in [3.8, 4) is 5.75 Å². The summed E-state index contributed by atoms with van der Waals surface area (Å²) in [4.78, 5) is 16.7. The van der Waals surface area contributed by atoms with E-state index in [0.717, 1.165) is 24.4 Å². The number of methoxy groups -OCH3 is 1. The van der Waals surface area contributed by atoms with Crippen molar-refractivity contribution in [2.24, 2.45) is 0 Å². The molecule has 4 nitrogen and oxygen atoms in total. The highest BCUT2D eigenvalue weighted by Gasteiger charge is 2.33. The number of carbonyl (C=O) groups is 1. The Hall–Kier alpha value is -1.20. The van der Waals surface area contributed by atoms with Crippen molar-refractivity contribution in [1.82, 2.24) is 9.80 Å². The second-order valence-corrected chi connectivity index (χ2v) is 6.64. The maximum absolute atomic E-state index is 12.2. The molecular formula is C16H22N2O2S. The van der Waals surface area contributed by atoms with Crippen LogP contribution in [0.1, 0.15) is 23.8 Å². The summed E-state index contributed by atoms with van der Waals surface area (Å²) in [6.07, 6.45) is 2.59. The van der Waals surface area contributed by atoms with Crippen LogP contribution in [0, 0.1) is 0 Å². The first kappa shape index (κ1) is 14.7. The van der Waals surface area contributed by atoms with Crippen molar-refractivity contribution in [2.75, 3.05) is 39.0 Å². The third-order valence-corrected chi connectivity index (χ3v) is 5.46. The van der Waals surface area contributed by atoms with Gasteiger partial charge in [0.05, 0.1) is 12.9 Å². The molecule has 0 saturated carbocycles. The van der Waals surface area contributed by atoms with Gasteiger partial charge in [0.1, 0.15) is 11.1 Å². The highest BCUT2D eigenvalue weighted by molar-refractivity contribution is 8.00. The van der Waals surface area contributed by atoms with Crippen molar-refractivity contribution in [1.29, 1.82) is 0 Å². The zero-order valence-corrected chi connectivity index (χ0v) is 13.3. The minimum absolute atomic E-state index is 0.134. The molecule has 1 aromatic carbocycles. The molecule has 2 aliphatic rings. The number of hydrogen-bond acceptors (Lipinski definition) is 4. The Balaban J connectivity index is 1.68. The number of thioether (sulfide) groups is 1. The molecule has 3 rings (SSSR count). The monoisotopic (exact) mass is 306 g/mol. The van der Waals surface area contributed by atoms with E-state index in [9.17, 15) is 4.79 Å². The van der Waals surface area contributed by atoms with Crippen LogP contribution in [0.3, 0.4) is 0 Å². The maximum Gasteiger partial charge on any atom is 0.233 e. The largest absolute Gasteiger partial charge is 0.497 e. The molecule has 0 aliphatic carbocycles.